The normalized spacial score (nSPS) is 18.7. The first-order valence-electron chi connectivity index (χ1n) is 6.10. The summed E-state index contributed by atoms with van der Waals surface area (Å²) in [5.41, 5.74) is 0. The van der Waals surface area contributed by atoms with E-state index in [-0.39, 0.29) is 17.6 Å². The summed E-state index contributed by atoms with van der Waals surface area (Å²) in [4.78, 5) is 26.5. The lowest BCUT2D eigenvalue weighted by molar-refractivity contribution is -0.131. The van der Waals surface area contributed by atoms with Crippen molar-refractivity contribution in [2.45, 2.75) is 25.1 Å². The second-order valence-corrected chi connectivity index (χ2v) is 6.16. The average molecular weight is 286 g/mol. The predicted molar refractivity (Wildman–Crippen MR) is 73.3 cm³/mol. The van der Waals surface area contributed by atoms with Gasteiger partial charge in [-0.3, -0.25) is 9.59 Å². The van der Waals surface area contributed by atoms with Crippen molar-refractivity contribution in [3.05, 3.63) is 22.4 Å². The van der Waals surface area contributed by atoms with Crippen LogP contribution in [0.3, 0.4) is 0 Å². The van der Waals surface area contributed by atoms with Crippen molar-refractivity contribution < 1.29 is 9.59 Å². The van der Waals surface area contributed by atoms with E-state index in [1.807, 2.05) is 17.5 Å². The van der Waals surface area contributed by atoms with Gasteiger partial charge in [0.15, 0.2) is 5.78 Å². The topological polar surface area (TPSA) is 37.4 Å². The molecular weight excluding hydrogens is 270 g/mol. The van der Waals surface area contributed by atoms with Crippen LogP contribution >= 0.6 is 22.9 Å². The molecule has 1 atom stereocenters. The number of carbonyl (C=O) groups is 2. The molecule has 1 aromatic rings. The Bertz CT molecular complexity index is 422. The fraction of sp³-hybridized carbons (Fsp3) is 0.538. The Labute approximate surface area is 116 Å². The smallest absolute Gasteiger partial charge is 0.240 e. The maximum absolute atomic E-state index is 12.2. The number of halogens is 1. The van der Waals surface area contributed by atoms with Gasteiger partial charge in [0.2, 0.25) is 5.91 Å². The van der Waals surface area contributed by atoms with Crippen molar-refractivity contribution in [2.24, 2.45) is 5.92 Å². The molecular formula is C13H16ClNO2S. The van der Waals surface area contributed by atoms with Gasteiger partial charge >= 0.3 is 0 Å². The third kappa shape index (κ3) is 2.93. The molecule has 0 radical (unpaired) electrons. The largest absolute Gasteiger partial charge is 0.341 e. The van der Waals surface area contributed by atoms with E-state index >= 15 is 0 Å². The van der Waals surface area contributed by atoms with Gasteiger partial charge in [-0.05, 0) is 31.2 Å². The van der Waals surface area contributed by atoms with E-state index in [0.29, 0.717) is 13.1 Å². The van der Waals surface area contributed by atoms with Gasteiger partial charge in [-0.25, -0.2) is 0 Å². The predicted octanol–water partition coefficient (Wildman–Crippen LogP) is 2.80. The number of hydrogen-bond donors (Lipinski definition) is 0. The van der Waals surface area contributed by atoms with Gasteiger partial charge in [0, 0.05) is 19.0 Å². The van der Waals surface area contributed by atoms with Crippen LogP contribution in [-0.2, 0) is 4.79 Å². The van der Waals surface area contributed by atoms with E-state index < -0.39 is 5.38 Å². The van der Waals surface area contributed by atoms with Gasteiger partial charge in [0.1, 0.15) is 5.38 Å². The van der Waals surface area contributed by atoms with Crippen molar-refractivity contribution in [3.8, 4) is 0 Å². The Morgan fingerprint density at radius 2 is 2.11 bits per heavy atom. The second-order valence-electron chi connectivity index (χ2n) is 4.56. The van der Waals surface area contributed by atoms with Gasteiger partial charge in [-0.15, -0.1) is 22.9 Å². The number of thiophene rings is 1. The molecule has 1 aliphatic rings. The number of alkyl halides is 1. The maximum atomic E-state index is 12.2. The highest BCUT2D eigenvalue weighted by Crippen LogP contribution is 2.24. The lowest BCUT2D eigenvalue weighted by Gasteiger charge is -2.31. The van der Waals surface area contributed by atoms with E-state index in [1.165, 1.54) is 11.3 Å². The van der Waals surface area contributed by atoms with E-state index in [2.05, 4.69) is 0 Å². The summed E-state index contributed by atoms with van der Waals surface area (Å²) in [6.45, 7) is 2.96. The van der Waals surface area contributed by atoms with E-state index in [4.69, 9.17) is 11.6 Å². The first-order valence-corrected chi connectivity index (χ1v) is 7.41. The number of hydrogen-bond acceptors (Lipinski definition) is 3. The monoisotopic (exact) mass is 285 g/mol. The van der Waals surface area contributed by atoms with Crippen molar-refractivity contribution >= 4 is 34.6 Å². The molecule has 2 heterocycles. The summed E-state index contributed by atoms with van der Waals surface area (Å²) < 4.78 is 0. The summed E-state index contributed by atoms with van der Waals surface area (Å²) >= 11 is 7.27. The Morgan fingerprint density at radius 3 is 2.61 bits per heavy atom. The summed E-state index contributed by atoms with van der Waals surface area (Å²) in [6.07, 6.45) is 1.48. The van der Waals surface area contributed by atoms with Crippen LogP contribution in [0.5, 0.6) is 0 Å². The molecule has 2 rings (SSSR count). The van der Waals surface area contributed by atoms with Crippen LogP contribution in [0.4, 0.5) is 0 Å². The van der Waals surface area contributed by atoms with E-state index in [9.17, 15) is 9.59 Å². The molecule has 0 N–H and O–H groups in total. The molecule has 3 nitrogen and oxygen atoms in total. The standard InChI is InChI=1S/C13H16ClNO2S/c1-9(14)13(17)15-6-4-10(5-7-15)12(16)11-3-2-8-18-11/h2-3,8-10H,4-7H2,1H3. The van der Waals surface area contributed by atoms with Crippen LogP contribution in [0.2, 0.25) is 0 Å². The number of rotatable bonds is 3. The fourth-order valence-corrected chi connectivity index (χ4v) is 3.12. The molecule has 0 bridgehead atoms. The highest BCUT2D eigenvalue weighted by atomic mass is 35.5. The first kappa shape index (κ1) is 13.6. The molecule has 98 valence electrons. The van der Waals surface area contributed by atoms with Gasteiger partial charge in [0.25, 0.3) is 0 Å². The number of ketones is 1. The van der Waals surface area contributed by atoms with Crippen LogP contribution < -0.4 is 0 Å². The quantitative estimate of drug-likeness (QED) is 0.633. The Morgan fingerprint density at radius 1 is 1.44 bits per heavy atom. The van der Waals surface area contributed by atoms with E-state index in [1.54, 1.807) is 11.8 Å². The van der Waals surface area contributed by atoms with Crippen LogP contribution in [-0.4, -0.2) is 35.1 Å². The third-order valence-corrected chi connectivity index (χ3v) is 4.35. The van der Waals surface area contributed by atoms with Crippen LogP contribution in [0.15, 0.2) is 17.5 Å². The maximum Gasteiger partial charge on any atom is 0.240 e. The third-order valence-electron chi connectivity index (χ3n) is 3.28. The highest BCUT2D eigenvalue weighted by molar-refractivity contribution is 7.12. The number of amides is 1. The van der Waals surface area contributed by atoms with Gasteiger partial charge in [-0.2, -0.15) is 0 Å². The molecule has 18 heavy (non-hydrogen) atoms. The lowest BCUT2D eigenvalue weighted by atomic mass is 9.91. The van der Waals surface area contributed by atoms with Gasteiger partial charge in [0.05, 0.1) is 4.88 Å². The molecule has 1 aliphatic heterocycles. The molecule has 1 aromatic heterocycles. The van der Waals surface area contributed by atoms with Crippen molar-refractivity contribution in [1.29, 1.82) is 0 Å². The minimum Gasteiger partial charge on any atom is -0.341 e. The molecule has 5 heteroatoms. The molecule has 0 aliphatic carbocycles. The molecule has 1 fully saturated rings. The molecule has 0 aromatic carbocycles. The number of piperidine rings is 1. The molecule has 1 unspecified atom stereocenters. The summed E-state index contributed by atoms with van der Waals surface area (Å²) in [7, 11) is 0. The van der Waals surface area contributed by atoms with Gasteiger partial charge < -0.3 is 4.90 Å². The summed E-state index contributed by atoms with van der Waals surface area (Å²) in [5, 5.41) is 1.44. The Kier molecular flexibility index (Phi) is 4.40. The first-order chi connectivity index (χ1) is 8.59. The van der Waals surface area contributed by atoms with Crippen molar-refractivity contribution in [2.75, 3.05) is 13.1 Å². The van der Waals surface area contributed by atoms with Crippen LogP contribution in [0.1, 0.15) is 29.4 Å². The minimum atomic E-state index is -0.477. The van der Waals surface area contributed by atoms with Crippen LogP contribution in [0, 0.1) is 5.92 Å². The number of nitrogens with zero attached hydrogens (tertiary/aromatic N) is 1. The number of likely N-dealkylation sites (tertiary alicyclic amines) is 1. The number of carbonyl (C=O) groups excluding carboxylic acids is 2. The average Bonchev–Trinajstić information content (AvgIpc) is 2.91. The van der Waals surface area contributed by atoms with Crippen molar-refractivity contribution in [3.63, 3.8) is 0 Å². The molecule has 1 amide bonds. The summed E-state index contributed by atoms with van der Waals surface area (Å²) in [6, 6.07) is 3.76. The SMILES string of the molecule is CC(Cl)C(=O)N1CCC(C(=O)c2cccs2)CC1. The zero-order chi connectivity index (χ0) is 13.1. The van der Waals surface area contributed by atoms with Crippen LogP contribution in [0.25, 0.3) is 0 Å². The Balaban J connectivity index is 1.91. The molecule has 1 saturated heterocycles. The second kappa shape index (κ2) is 5.85. The molecule has 0 saturated carbocycles. The zero-order valence-corrected chi connectivity index (χ0v) is 11.8. The highest BCUT2D eigenvalue weighted by Gasteiger charge is 2.29. The van der Waals surface area contributed by atoms with Crippen molar-refractivity contribution in [1.82, 2.24) is 4.90 Å². The lowest BCUT2D eigenvalue weighted by Crippen LogP contribution is -2.42. The zero-order valence-electron chi connectivity index (χ0n) is 10.3. The Hall–Kier alpha value is -0.870. The fourth-order valence-electron chi connectivity index (χ4n) is 2.23. The minimum absolute atomic E-state index is 0.0290. The number of Topliss-reactive ketones (excluding diaryl/α,β-unsaturated/α-hetero) is 1. The van der Waals surface area contributed by atoms with E-state index in [0.717, 1.165) is 17.7 Å². The molecule has 0 spiro atoms. The van der Waals surface area contributed by atoms with Gasteiger partial charge in [-0.1, -0.05) is 6.07 Å². The summed E-state index contributed by atoms with van der Waals surface area (Å²) in [5.74, 6) is 0.244.